The third kappa shape index (κ3) is 7.86. The molecule has 0 aromatic heterocycles. The van der Waals surface area contributed by atoms with Crippen molar-refractivity contribution in [2.45, 2.75) is 57.9 Å². The van der Waals surface area contributed by atoms with Crippen LogP contribution in [0.1, 0.15) is 71.7 Å². The molecule has 2 amide bonds. The van der Waals surface area contributed by atoms with Gasteiger partial charge in [-0.25, -0.2) is 4.79 Å². The molecule has 2 rings (SSSR count). The van der Waals surface area contributed by atoms with Crippen LogP contribution in [-0.4, -0.2) is 47.2 Å². The van der Waals surface area contributed by atoms with Crippen molar-refractivity contribution >= 4 is 29.8 Å². The van der Waals surface area contributed by atoms with E-state index in [0.717, 1.165) is 42.6 Å². The zero-order valence-electron chi connectivity index (χ0n) is 19.3. The molecule has 0 bridgehead atoms. The Hall–Kier alpha value is -3.48. The van der Waals surface area contributed by atoms with Gasteiger partial charge in [0, 0.05) is 31.1 Å². The van der Waals surface area contributed by atoms with Crippen LogP contribution in [0.5, 0.6) is 0 Å². The molecule has 0 heterocycles. The average Bonchev–Trinajstić information content (AvgIpc) is 2.82. The van der Waals surface area contributed by atoms with E-state index in [1.54, 1.807) is 30.3 Å². The van der Waals surface area contributed by atoms with Crippen LogP contribution >= 0.6 is 0 Å². The number of rotatable bonds is 13. The summed E-state index contributed by atoms with van der Waals surface area (Å²) in [6.07, 6.45) is 6.26. The number of hydrogen-bond donors (Lipinski definition) is 2. The number of aldehydes is 1. The Labute approximate surface area is 194 Å². The van der Waals surface area contributed by atoms with E-state index >= 15 is 0 Å². The molecule has 2 N–H and O–H groups in total. The maximum atomic E-state index is 13.0. The zero-order chi connectivity index (χ0) is 24.2. The molecule has 0 aliphatic carbocycles. The Kier molecular flexibility index (Phi) is 10.3. The van der Waals surface area contributed by atoms with E-state index in [-0.39, 0.29) is 23.5 Å². The summed E-state index contributed by atoms with van der Waals surface area (Å²) in [5, 5.41) is 12.4. The number of carboxylic acids is 1. The highest BCUT2D eigenvalue weighted by molar-refractivity contribution is 6.04. The normalized spacial score (nSPS) is 11.5. The maximum absolute atomic E-state index is 13.0. The lowest BCUT2D eigenvalue weighted by atomic mass is 10.0. The van der Waals surface area contributed by atoms with E-state index in [1.807, 2.05) is 6.07 Å². The second kappa shape index (κ2) is 13.2. The summed E-state index contributed by atoms with van der Waals surface area (Å²) >= 11 is 0. The lowest BCUT2D eigenvalue weighted by Crippen LogP contribution is -2.44. The Balaban J connectivity index is 2.08. The number of carbonyl (C=O) groups is 4. The van der Waals surface area contributed by atoms with E-state index in [2.05, 4.69) is 12.2 Å². The number of aliphatic carboxylic acids is 1. The Morgan fingerprint density at radius 1 is 1.03 bits per heavy atom. The Bertz CT molecular complexity index is 958. The first-order valence-electron chi connectivity index (χ1n) is 11.3. The van der Waals surface area contributed by atoms with E-state index in [0.29, 0.717) is 18.4 Å². The summed E-state index contributed by atoms with van der Waals surface area (Å²) in [6.45, 7) is 2.13. The van der Waals surface area contributed by atoms with Gasteiger partial charge < -0.3 is 15.3 Å². The molecule has 33 heavy (non-hydrogen) atoms. The summed E-state index contributed by atoms with van der Waals surface area (Å²) in [7, 11) is 1.41. The lowest BCUT2D eigenvalue weighted by Gasteiger charge is -2.25. The standard InChI is InChI=1S/C26H32N2O5/c1-3-4-5-6-10-13-24(30)27-21-14-15-22(20(17-21)18-29)25(31)28(2)23(26(32)33)16-19-11-8-7-9-12-19/h7-9,11-12,14-15,17-18,23H,3-6,10,13,16H2,1-2H3,(H,27,30)(H,32,33). The van der Waals surface area contributed by atoms with Crippen LogP contribution in [0.25, 0.3) is 0 Å². The second-order valence-electron chi connectivity index (χ2n) is 8.09. The maximum Gasteiger partial charge on any atom is 0.326 e. The topological polar surface area (TPSA) is 104 Å². The molecule has 1 unspecified atom stereocenters. The predicted octanol–water partition coefficient (Wildman–Crippen LogP) is 4.57. The van der Waals surface area contributed by atoms with E-state index in [4.69, 9.17) is 0 Å². The van der Waals surface area contributed by atoms with Gasteiger partial charge in [-0.05, 0) is 30.2 Å². The number of anilines is 1. The fourth-order valence-electron chi connectivity index (χ4n) is 3.60. The third-order valence-electron chi connectivity index (χ3n) is 5.54. The summed E-state index contributed by atoms with van der Waals surface area (Å²) in [5.74, 6) is -1.85. The van der Waals surface area contributed by atoms with Gasteiger partial charge in [0.2, 0.25) is 5.91 Å². The number of unbranched alkanes of at least 4 members (excludes halogenated alkanes) is 4. The molecule has 1 atom stereocenters. The molecule has 7 heteroatoms. The third-order valence-corrected chi connectivity index (χ3v) is 5.54. The molecule has 0 fully saturated rings. The first-order chi connectivity index (χ1) is 15.9. The summed E-state index contributed by atoms with van der Waals surface area (Å²) in [4.78, 5) is 49.8. The number of likely N-dealkylation sites (N-methyl/N-ethyl adjacent to an activating group) is 1. The smallest absolute Gasteiger partial charge is 0.326 e. The zero-order valence-corrected chi connectivity index (χ0v) is 19.3. The average molecular weight is 453 g/mol. The minimum absolute atomic E-state index is 0.0874. The molecule has 0 aliphatic rings. The fourth-order valence-corrected chi connectivity index (χ4v) is 3.60. The van der Waals surface area contributed by atoms with Crippen molar-refractivity contribution in [3.63, 3.8) is 0 Å². The Morgan fingerprint density at radius 3 is 2.36 bits per heavy atom. The van der Waals surface area contributed by atoms with Gasteiger partial charge in [-0.3, -0.25) is 14.4 Å². The molecular formula is C26H32N2O5. The van der Waals surface area contributed by atoms with Crippen molar-refractivity contribution in [3.05, 3.63) is 65.2 Å². The van der Waals surface area contributed by atoms with Gasteiger partial charge in [0.25, 0.3) is 5.91 Å². The highest BCUT2D eigenvalue weighted by Gasteiger charge is 2.28. The van der Waals surface area contributed by atoms with Gasteiger partial charge in [-0.2, -0.15) is 0 Å². The van der Waals surface area contributed by atoms with E-state index < -0.39 is 17.9 Å². The molecular weight excluding hydrogens is 420 g/mol. The van der Waals surface area contributed by atoms with Crippen LogP contribution < -0.4 is 5.32 Å². The van der Waals surface area contributed by atoms with Crippen LogP contribution in [0.2, 0.25) is 0 Å². The summed E-state index contributed by atoms with van der Waals surface area (Å²) in [6, 6.07) is 12.4. The van der Waals surface area contributed by atoms with Crippen molar-refractivity contribution < 1.29 is 24.3 Å². The number of hydrogen-bond acceptors (Lipinski definition) is 4. The van der Waals surface area contributed by atoms with Crippen molar-refractivity contribution in [3.8, 4) is 0 Å². The molecule has 2 aromatic carbocycles. The van der Waals surface area contributed by atoms with Crippen LogP contribution in [0, 0.1) is 0 Å². The molecule has 0 radical (unpaired) electrons. The number of nitrogens with one attached hydrogen (secondary N) is 1. The van der Waals surface area contributed by atoms with E-state index in [1.165, 1.54) is 19.2 Å². The highest BCUT2D eigenvalue weighted by atomic mass is 16.4. The fraction of sp³-hybridized carbons (Fsp3) is 0.385. The largest absolute Gasteiger partial charge is 0.480 e. The molecule has 0 spiro atoms. The first kappa shape index (κ1) is 25.8. The van der Waals surface area contributed by atoms with Crippen molar-refractivity contribution in [2.75, 3.05) is 12.4 Å². The van der Waals surface area contributed by atoms with Gasteiger partial charge in [-0.15, -0.1) is 0 Å². The van der Waals surface area contributed by atoms with Crippen molar-refractivity contribution in [1.29, 1.82) is 0 Å². The lowest BCUT2D eigenvalue weighted by molar-refractivity contribution is -0.141. The number of amides is 2. The van der Waals surface area contributed by atoms with Crippen LogP contribution in [0.4, 0.5) is 5.69 Å². The minimum Gasteiger partial charge on any atom is -0.480 e. The van der Waals surface area contributed by atoms with Crippen LogP contribution in [0.3, 0.4) is 0 Å². The Morgan fingerprint density at radius 2 is 1.73 bits per heavy atom. The van der Waals surface area contributed by atoms with Crippen LogP contribution in [0.15, 0.2) is 48.5 Å². The van der Waals surface area contributed by atoms with Gasteiger partial charge >= 0.3 is 5.97 Å². The minimum atomic E-state index is -1.13. The number of carbonyl (C=O) groups excluding carboxylic acids is 3. The van der Waals surface area contributed by atoms with E-state index in [9.17, 15) is 24.3 Å². The second-order valence-corrected chi connectivity index (χ2v) is 8.09. The predicted molar refractivity (Wildman–Crippen MR) is 127 cm³/mol. The molecule has 2 aromatic rings. The summed E-state index contributed by atoms with van der Waals surface area (Å²) < 4.78 is 0. The number of nitrogens with zero attached hydrogens (tertiary/aromatic N) is 1. The summed E-state index contributed by atoms with van der Waals surface area (Å²) in [5.41, 5.74) is 1.39. The SMILES string of the molecule is CCCCCCCC(=O)Nc1ccc(C(=O)N(C)C(Cc2ccccc2)C(=O)O)c(C=O)c1. The van der Waals surface area contributed by atoms with Gasteiger partial charge in [0.05, 0.1) is 5.56 Å². The highest BCUT2D eigenvalue weighted by Crippen LogP contribution is 2.19. The van der Waals surface area contributed by atoms with Crippen LogP contribution in [-0.2, 0) is 16.0 Å². The molecule has 0 aliphatic heterocycles. The number of carboxylic acid groups (broad SMARTS) is 1. The first-order valence-corrected chi connectivity index (χ1v) is 11.3. The quantitative estimate of drug-likeness (QED) is 0.342. The molecule has 0 saturated heterocycles. The van der Waals surface area contributed by atoms with Crippen molar-refractivity contribution in [2.24, 2.45) is 0 Å². The molecule has 176 valence electrons. The van der Waals surface area contributed by atoms with Crippen molar-refractivity contribution in [1.82, 2.24) is 4.90 Å². The van der Waals surface area contributed by atoms with Gasteiger partial charge in [-0.1, -0.05) is 62.9 Å². The van der Waals surface area contributed by atoms with Gasteiger partial charge in [0.1, 0.15) is 6.04 Å². The molecule has 7 nitrogen and oxygen atoms in total. The number of benzene rings is 2. The van der Waals surface area contributed by atoms with Gasteiger partial charge in [0.15, 0.2) is 6.29 Å². The molecule has 0 saturated carbocycles. The monoisotopic (exact) mass is 452 g/mol.